The molecule has 2 aromatic rings. The fourth-order valence-electron chi connectivity index (χ4n) is 1.96. The minimum absolute atomic E-state index is 0.175. The lowest BCUT2D eigenvalue weighted by molar-refractivity contribution is -0.136. The van der Waals surface area contributed by atoms with Crippen LogP contribution in [0.5, 0.6) is 5.75 Å². The van der Waals surface area contributed by atoms with Crippen LogP contribution in [0.2, 0.25) is 0 Å². The Morgan fingerprint density at radius 1 is 1.13 bits per heavy atom. The van der Waals surface area contributed by atoms with Gasteiger partial charge in [0, 0.05) is 17.8 Å². The first-order chi connectivity index (χ1) is 11.1. The molecular formula is C17H15N3O3. The van der Waals surface area contributed by atoms with Gasteiger partial charge in [0.2, 0.25) is 0 Å². The number of nitrogens with one attached hydrogen (secondary N) is 2. The van der Waals surface area contributed by atoms with Crippen LogP contribution in [0.25, 0.3) is 0 Å². The average Bonchev–Trinajstić information content (AvgIpc) is 2.59. The Morgan fingerprint density at radius 3 is 2.65 bits per heavy atom. The zero-order valence-electron chi connectivity index (χ0n) is 12.5. The van der Waals surface area contributed by atoms with Gasteiger partial charge in [0.05, 0.1) is 18.7 Å². The van der Waals surface area contributed by atoms with Gasteiger partial charge in [-0.1, -0.05) is 24.3 Å². The molecule has 0 bridgehead atoms. The molecule has 0 unspecified atom stereocenters. The largest absolute Gasteiger partial charge is 0.496 e. The summed E-state index contributed by atoms with van der Waals surface area (Å²) in [4.78, 5) is 23.7. The first-order valence-electron chi connectivity index (χ1n) is 6.85. The molecule has 0 aliphatic carbocycles. The van der Waals surface area contributed by atoms with Crippen molar-refractivity contribution >= 4 is 17.5 Å². The molecule has 0 aromatic heterocycles. The summed E-state index contributed by atoms with van der Waals surface area (Å²) >= 11 is 0. The van der Waals surface area contributed by atoms with Crippen LogP contribution in [-0.4, -0.2) is 18.9 Å². The van der Waals surface area contributed by atoms with E-state index in [1.165, 1.54) is 13.2 Å². The van der Waals surface area contributed by atoms with Crippen molar-refractivity contribution < 1.29 is 14.3 Å². The highest BCUT2D eigenvalue weighted by molar-refractivity contribution is 6.39. The SMILES string of the molecule is COc1ccccc1CNC(=O)C(=O)Nc1cccc(C#N)c1. The fourth-order valence-corrected chi connectivity index (χ4v) is 1.96. The molecule has 2 rings (SSSR count). The molecule has 2 aromatic carbocycles. The highest BCUT2D eigenvalue weighted by atomic mass is 16.5. The van der Waals surface area contributed by atoms with E-state index in [1.54, 1.807) is 30.3 Å². The van der Waals surface area contributed by atoms with E-state index < -0.39 is 11.8 Å². The number of nitrogens with zero attached hydrogens (tertiary/aromatic N) is 1. The van der Waals surface area contributed by atoms with Gasteiger partial charge in [-0.25, -0.2) is 0 Å². The minimum Gasteiger partial charge on any atom is -0.496 e. The molecule has 0 radical (unpaired) electrons. The van der Waals surface area contributed by atoms with E-state index in [9.17, 15) is 9.59 Å². The number of rotatable bonds is 4. The predicted molar refractivity (Wildman–Crippen MR) is 84.6 cm³/mol. The van der Waals surface area contributed by atoms with Gasteiger partial charge in [-0.15, -0.1) is 0 Å². The van der Waals surface area contributed by atoms with Crippen molar-refractivity contribution in [1.82, 2.24) is 5.32 Å². The van der Waals surface area contributed by atoms with E-state index in [2.05, 4.69) is 10.6 Å². The van der Waals surface area contributed by atoms with E-state index in [0.717, 1.165) is 5.56 Å². The van der Waals surface area contributed by atoms with Crippen molar-refractivity contribution in [2.75, 3.05) is 12.4 Å². The van der Waals surface area contributed by atoms with Crippen LogP contribution >= 0.6 is 0 Å². The van der Waals surface area contributed by atoms with Gasteiger partial charge in [-0.3, -0.25) is 9.59 Å². The molecule has 0 aliphatic rings. The number of hydrogen-bond acceptors (Lipinski definition) is 4. The Labute approximate surface area is 133 Å². The fraction of sp³-hybridized carbons (Fsp3) is 0.118. The number of carbonyl (C=O) groups excluding carboxylic acids is 2. The summed E-state index contributed by atoms with van der Waals surface area (Å²) in [7, 11) is 1.54. The summed E-state index contributed by atoms with van der Waals surface area (Å²) in [6, 6.07) is 15.5. The predicted octanol–water partition coefficient (Wildman–Crippen LogP) is 1.82. The van der Waals surface area contributed by atoms with Crippen molar-refractivity contribution in [3.05, 3.63) is 59.7 Å². The van der Waals surface area contributed by atoms with Crippen molar-refractivity contribution in [2.24, 2.45) is 0 Å². The standard InChI is InChI=1S/C17H15N3O3/c1-23-15-8-3-2-6-13(15)11-19-16(21)17(22)20-14-7-4-5-12(9-14)10-18/h2-9H,11H2,1H3,(H,19,21)(H,20,22). The minimum atomic E-state index is -0.796. The smallest absolute Gasteiger partial charge is 0.313 e. The lowest BCUT2D eigenvalue weighted by atomic mass is 10.2. The quantitative estimate of drug-likeness (QED) is 0.843. The van der Waals surface area contributed by atoms with E-state index in [-0.39, 0.29) is 6.54 Å². The van der Waals surface area contributed by atoms with Crippen molar-refractivity contribution in [3.8, 4) is 11.8 Å². The topological polar surface area (TPSA) is 91.2 Å². The highest BCUT2D eigenvalue weighted by Crippen LogP contribution is 2.16. The number of ether oxygens (including phenoxy) is 1. The first-order valence-corrected chi connectivity index (χ1v) is 6.85. The van der Waals surface area contributed by atoms with Gasteiger partial charge >= 0.3 is 11.8 Å². The highest BCUT2D eigenvalue weighted by Gasteiger charge is 2.14. The monoisotopic (exact) mass is 309 g/mol. The number of methoxy groups -OCH3 is 1. The van der Waals surface area contributed by atoms with Crippen molar-refractivity contribution in [3.63, 3.8) is 0 Å². The number of amides is 2. The number of benzene rings is 2. The zero-order chi connectivity index (χ0) is 16.7. The molecule has 23 heavy (non-hydrogen) atoms. The van der Waals surface area contributed by atoms with Crippen LogP contribution < -0.4 is 15.4 Å². The molecule has 0 spiro atoms. The Bertz CT molecular complexity index is 766. The third-order valence-electron chi connectivity index (χ3n) is 3.09. The number of nitriles is 1. The Morgan fingerprint density at radius 2 is 1.91 bits per heavy atom. The molecule has 0 heterocycles. The summed E-state index contributed by atoms with van der Waals surface area (Å²) in [5.41, 5.74) is 1.56. The van der Waals surface area contributed by atoms with Crippen LogP contribution in [0, 0.1) is 11.3 Å². The van der Waals surface area contributed by atoms with E-state index in [4.69, 9.17) is 10.00 Å². The lowest BCUT2D eigenvalue weighted by Crippen LogP contribution is -2.35. The normalized spacial score (nSPS) is 9.57. The third-order valence-corrected chi connectivity index (χ3v) is 3.09. The summed E-state index contributed by atoms with van der Waals surface area (Å²) < 4.78 is 5.18. The molecule has 2 N–H and O–H groups in total. The second kappa shape index (κ2) is 7.61. The molecule has 0 atom stereocenters. The third kappa shape index (κ3) is 4.32. The zero-order valence-corrected chi connectivity index (χ0v) is 12.5. The molecule has 6 nitrogen and oxygen atoms in total. The number of hydrogen-bond donors (Lipinski definition) is 2. The Balaban J connectivity index is 1.95. The molecule has 2 amide bonds. The maximum atomic E-state index is 11.9. The summed E-state index contributed by atoms with van der Waals surface area (Å²) in [6.07, 6.45) is 0. The van der Waals surface area contributed by atoms with Crippen LogP contribution in [-0.2, 0) is 16.1 Å². The van der Waals surface area contributed by atoms with Gasteiger partial charge in [-0.2, -0.15) is 5.26 Å². The maximum Gasteiger partial charge on any atom is 0.313 e. The Kier molecular flexibility index (Phi) is 5.31. The molecule has 6 heteroatoms. The number of carbonyl (C=O) groups is 2. The second-order valence-corrected chi connectivity index (χ2v) is 4.64. The summed E-state index contributed by atoms with van der Waals surface area (Å²) in [5, 5.41) is 13.8. The van der Waals surface area contributed by atoms with Gasteiger partial charge in [-0.05, 0) is 24.3 Å². The average molecular weight is 309 g/mol. The van der Waals surface area contributed by atoms with Crippen LogP contribution in [0.1, 0.15) is 11.1 Å². The summed E-state index contributed by atoms with van der Waals surface area (Å²) in [6.45, 7) is 0.175. The first kappa shape index (κ1) is 16.0. The van der Waals surface area contributed by atoms with Gasteiger partial charge in [0.25, 0.3) is 0 Å². The van der Waals surface area contributed by atoms with Gasteiger partial charge < -0.3 is 15.4 Å². The molecule has 0 saturated carbocycles. The van der Waals surface area contributed by atoms with Crippen molar-refractivity contribution in [1.29, 1.82) is 5.26 Å². The molecular weight excluding hydrogens is 294 g/mol. The van der Waals surface area contributed by atoms with Crippen LogP contribution in [0.4, 0.5) is 5.69 Å². The van der Waals surface area contributed by atoms with Gasteiger partial charge in [0.15, 0.2) is 0 Å². The Hall–Kier alpha value is -3.33. The molecule has 116 valence electrons. The van der Waals surface area contributed by atoms with Gasteiger partial charge in [0.1, 0.15) is 5.75 Å². The van der Waals surface area contributed by atoms with Crippen LogP contribution in [0.3, 0.4) is 0 Å². The lowest BCUT2D eigenvalue weighted by Gasteiger charge is -2.09. The molecule has 0 aliphatic heterocycles. The van der Waals surface area contributed by atoms with E-state index in [0.29, 0.717) is 17.0 Å². The number of anilines is 1. The maximum absolute atomic E-state index is 11.9. The van der Waals surface area contributed by atoms with Crippen LogP contribution in [0.15, 0.2) is 48.5 Å². The molecule has 0 saturated heterocycles. The van der Waals surface area contributed by atoms with Crippen molar-refractivity contribution in [2.45, 2.75) is 6.54 Å². The summed E-state index contributed by atoms with van der Waals surface area (Å²) in [5.74, 6) is -0.928. The van der Waals surface area contributed by atoms with E-state index >= 15 is 0 Å². The van der Waals surface area contributed by atoms with E-state index in [1.807, 2.05) is 18.2 Å². The number of para-hydroxylation sites is 1. The second-order valence-electron chi connectivity index (χ2n) is 4.64. The molecule has 0 fully saturated rings.